The molecule has 0 aliphatic carbocycles. The Morgan fingerprint density at radius 1 is 1.06 bits per heavy atom. The summed E-state index contributed by atoms with van der Waals surface area (Å²) in [5.41, 5.74) is 1.00. The lowest BCUT2D eigenvalue weighted by molar-refractivity contribution is -0.128. The van der Waals surface area contributed by atoms with Gasteiger partial charge in [0.15, 0.2) is 11.6 Å². The third-order valence-electron chi connectivity index (χ3n) is 4.55. The number of rotatable bonds is 7. The second-order valence-electron chi connectivity index (χ2n) is 6.76. The summed E-state index contributed by atoms with van der Waals surface area (Å²) in [7, 11) is 1.36. The lowest BCUT2D eigenvalue weighted by atomic mass is 10.1. The van der Waals surface area contributed by atoms with Gasteiger partial charge in [0.2, 0.25) is 23.5 Å². The van der Waals surface area contributed by atoms with Gasteiger partial charge in [0.1, 0.15) is 11.9 Å². The van der Waals surface area contributed by atoms with Gasteiger partial charge in [0.25, 0.3) is 0 Å². The summed E-state index contributed by atoms with van der Waals surface area (Å²) in [4.78, 5) is 28.6. The average Bonchev–Trinajstić information content (AvgIpc) is 3.23. The molecule has 1 aromatic heterocycles. The largest absolute Gasteiger partial charge is 0.357 e. The molecule has 31 heavy (non-hydrogen) atoms. The second-order valence-corrected chi connectivity index (χ2v) is 6.76. The minimum atomic E-state index is -1.21. The Balaban J connectivity index is 1.65. The summed E-state index contributed by atoms with van der Waals surface area (Å²) in [5.74, 6) is -3.41. The molecule has 0 saturated heterocycles. The van der Waals surface area contributed by atoms with Crippen molar-refractivity contribution in [3.8, 4) is 11.4 Å². The fourth-order valence-electron chi connectivity index (χ4n) is 2.80. The quantitative estimate of drug-likeness (QED) is 0.598. The van der Waals surface area contributed by atoms with Crippen LogP contribution < -0.4 is 10.6 Å². The molecule has 0 aliphatic heterocycles. The van der Waals surface area contributed by atoms with Crippen LogP contribution in [-0.4, -0.2) is 29.0 Å². The number of benzene rings is 2. The molecule has 0 aliphatic rings. The van der Waals surface area contributed by atoms with Crippen molar-refractivity contribution in [1.29, 1.82) is 0 Å². The summed E-state index contributed by atoms with van der Waals surface area (Å²) in [6.45, 7) is 1.63. The molecule has 2 amide bonds. The monoisotopic (exact) mass is 432 g/mol. The Bertz CT molecular complexity index is 1120. The van der Waals surface area contributed by atoms with E-state index in [0.29, 0.717) is 11.1 Å². The minimum Gasteiger partial charge on any atom is -0.357 e. The number of amides is 2. The van der Waals surface area contributed by atoms with Crippen molar-refractivity contribution in [3.05, 3.63) is 70.9 Å². The fraction of sp³-hybridized carbons (Fsp3) is 0.238. The average molecular weight is 432 g/mol. The van der Waals surface area contributed by atoms with Crippen molar-refractivity contribution in [2.24, 2.45) is 0 Å². The van der Waals surface area contributed by atoms with Gasteiger partial charge in [-0.15, -0.1) is 0 Å². The van der Waals surface area contributed by atoms with Crippen LogP contribution in [0.1, 0.15) is 29.5 Å². The van der Waals surface area contributed by atoms with E-state index in [9.17, 15) is 22.8 Å². The van der Waals surface area contributed by atoms with E-state index in [1.807, 2.05) is 0 Å². The van der Waals surface area contributed by atoms with Gasteiger partial charge >= 0.3 is 0 Å². The Morgan fingerprint density at radius 2 is 1.84 bits per heavy atom. The highest BCUT2D eigenvalue weighted by molar-refractivity contribution is 5.88. The molecule has 0 bridgehead atoms. The summed E-state index contributed by atoms with van der Waals surface area (Å²) >= 11 is 0. The normalized spacial score (nSPS) is 11.8. The lowest BCUT2D eigenvalue weighted by Crippen LogP contribution is -2.39. The van der Waals surface area contributed by atoms with Crippen molar-refractivity contribution in [2.45, 2.75) is 25.8 Å². The van der Waals surface area contributed by atoms with E-state index in [2.05, 4.69) is 20.8 Å². The number of nitrogens with zero attached hydrogens (tertiary/aromatic N) is 2. The summed E-state index contributed by atoms with van der Waals surface area (Å²) in [5, 5.41) is 8.62. The number of hydrogen-bond acceptors (Lipinski definition) is 5. The first kappa shape index (κ1) is 22.0. The van der Waals surface area contributed by atoms with Crippen LogP contribution in [0.25, 0.3) is 11.4 Å². The first-order valence-electron chi connectivity index (χ1n) is 9.33. The molecule has 1 atom stereocenters. The van der Waals surface area contributed by atoms with Crippen molar-refractivity contribution in [2.75, 3.05) is 7.05 Å². The molecule has 3 aromatic rings. The van der Waals surface area contributed by atoms with E-state index in [1.165, 1.54) is 19.2 Å². The highest BCUT2D eigenvalue weighted by Crippen LogP contribution is 2.20. The predicted molar refractivity (Wildman–Crippen MR) is 104 cm³/mol. The van der Waals surface area contributed by atoms with Crippen LogP contribution in [0.3, 0.4) is 0 Å². The molecule has 7 nitrogen and oxygen atoms in total. The van der Waals surface area contributed by atoms with Crippen LogP contribution in [0.15, 0.2) is 40.9 Å². The number of halogens is 3. The molecule has 0 radical (unpaired) electrons. The van der Waals surface area contributed by atoms with Gasteiger partial charge in [-0.05, 0) is 36.2 Å². The molecule has 10 heteroatoms. The van der Waals surface area contributed by atoms with E-state index in [1.54, 1.807) is 19.1 Å². The zero-order valence-corrected chi connectivity index (χ0v) is 16.7. The molecule has 162 valence electrons. The Labute approximate surface area is 175 Å². The topological polar surface area (TPSA) is 97.1 Å². The number of likely N-dealkylation sites (N-methyl/N-ethyl adjacent to an activating group) is 1. The standard InChI is InChI=1S/C21H19F3N4O3/c1-11-3-4-13(10-15(11)23)20-27-18(31-28-20)8-7-17(29)26-19(21(30)25-2)12-5-6-14(22)16(24)9-12/h3-6,9-10,19H,7-8H2,1-2H3,(H,25,30)(H,26,29). The van der Waals surface area contributed by atoms with Crippen molar-refractivity contribution >= 4 is 11.8 Å². The number of hydrogen-bond donors (Lipinski definition) is 2. The molecule has 3 rings (SSSR count). The van der Waals surface area contributed by atoms with Gasteiger partial charge < -0.3 is 15.2 Å². The van der Waals surface area contributed by atoms with Gasteiger partial charge in [-0.3, -0.25) is 9.59 Å². The fourth-order valence-corrected chi connectivity index (χ4v) is 2.80. The van der Waals surface area contributed by atoms with Crippen molar-refractivity contribution in [1.82, 2.24) is 20.8 Å². The molecule has 0 saturated carbocycles. The smallest absolute Gasteiger partial charge is 0.246 e. The van der Waals surface area contributed by atoms with Crippen LogP contribution in [0.2, 0.25) is 0 Å². The maximum Gasteiger partial charge on any atom is 0.246 e. The Kier molecular flexibility index (Phi) is 6.68. The zero-order chi connectivity index (χ0) is 22.5. The van der Waals surface area contributed by atoms with Gasteiger partial charge in [0, 0.05) is 25.5 Å². The van der Waals surface area contributed by atoms with Crippen LogP contribution in [-0.2, 0) is 16.0 Å². The second kappa shape index (κ2) is 9.41. The van der Waals surface area contributed by atoms with Crippen LogP contribution >= 0.6 is 0 Å². The number of aryl methyl sites for hydroxylation is 2. The Hall–Kier alpha value is -3.69. The minimum absolute atomic E-state index is 0.0609. The molecule has 0 fully saturated rings. The highest BCUT2D eigenvalue weighted by Gasteiger charge is 2.23. The van der Waals surface area contributed by atoms with Crippen molar-refractivity contribution < 1.29 is 27.3 Å². The Morgan fingerprint density at radius 3 is 2.52 bits per heavy atom. The molecule has 0 spiro atoms. The van der Waals surface area contributed by atoms with Crippen LogP contribution in [0.4, 0.5) is 13.2 Å². The van der Waals surface area contributed by atoms with Crippen LogP contribution in [0.5, 0.6) is 0 Å². The van der Waals surface area contributed by atoms with Gasteiger partial charge in [0.05, 0.1) is 0 Å². The molecule has 1 heterocycles. The van der Waals surface area contributed by atoms with Gasteiger partial charge in [-0.1, -0.05) is 23.4 Å². The van der Waals surface area contributed by atoms with E-state index >= 15 is 0 Å². The molecule has 2 N–H and O–H groups in total. The SMILES string of the molecule is CNC(=O)C(NC(=O)CCc1nc(-c2ccc(C)c(F)c2)no1)c1ccc(F)c(F)c1. The summed E-state index contributed by atoms with van der Waals surface area (Å²) in [6, 6.07) is 6.25. The number of carbonyl (C=O) groups is 2. The number of nitrogens with one attached hydrogen (secondary N) is 2. The van der Waals surface area contributed by atoms with E-state index in [4.69, 9.17) is 4.52 Å². The summed E-state index contributed by atoms with van der Waals surface area (Å²) in [6.07, 6.45) is -0.0491. The first-order valence-corrected chi connectivity index (χ1v) is 9.33. The lowest BCUT2D eigenvalue weighted by Gasteiger charge is -2.17. The molecule has 1 unspecified atom stereocenters. The van der Waals surface area contributed by atoms with Crippen LogP contribution in [0, 0.1) is 24.4 Å². The van der Waals surface area contributed by atoms with E-state index in [-0.39, 0.29) is 30.1 Å². The maximum atomic E-state index is 13.7. The third kappa shape index (κ3) is 5.27. The zero-order valence-electron chi connectivity index (χ0n) is 16.7. The van der Waals surface area contributed by atoms with Gasteiger partial charge in [-0.25, -0.2) is 13.2 Å². The molecular weight excluding hydrogens is 413 g/mol. The number of aromatic nitrogens is 2. The van der Waals surface area contributed by atoms with E-state index in [0.717, 1.165) is 12.1 Å². The highest BCUT2D eigenvalue weighted by atomic mass is 19.2. The first-order chi connectivity index (χ1) is 14.8. The van der Waals surface area contributed by atoms with E-state index < -0.39 is 35.3 Å². The maximum absolute atomic E-state index is 13.7. The van der Waals surface area contributed by atoms with Gasteiger partial charge in [-0.2, -0.15) is 4.98 Å². The predicted octanol–water partition coefficient (Wildman–Crippen LogP) is 3.00. The van der Waals surface area contributed by atoms with Crippen molar-refractivity contribution in [3.63, 3.8) is 0 Å². The molecule has 2 aromatic carbocycles. The third-order valence-corrected chi connectivity index (χ3v) is 4.55. The summed E-state index contributed by atoms with van der Waals surface area (Å²) < 4.78 is 45.5. The number of carbonyl (C=O) groups excluding carboxylic acids is 2. The molecular formula is C21H19F3N4O3.